The molecule has 2 nitrogen and oxygen atoms in total. The second kappa shape index (κ2) is 7.77. The van der Waals surface area contributed by atoms with E-state index in [1.165, 1.54) is 15.6 Å². The van der Waals surface area contributed by atoms with Crippen LogP contribution >= 0.6 is 11.3 Å². The van der Waals surface area contributed by atoms with Crippen molar-refractivity contribution in [2.75, 3.05) is 13.2 Å². The van der Waals surface area contributed by atoms with Gasteiger partial charge < -0.3 is 10.1 Å². The van der Waals surface area contributed by atoms with E-state index in [1.54, 1.807) is 0 Å². The van der Waals surface area contributed by atoms with Crippen molar-refractivity contribution in [1.29, 1.82) is 0 Å². The van der Waals surface area contributed by atoms with E-state index in [-0.39, 0.29) is 0 Å². The van der Waals surface area contributed by atoms with Gasteiger partial charge >= 0.3 is 0 Å². The lowest BCUT2D eigenvalue weighted by Gasteiger charge is -2.20. The maximum atomic E-state index is 5.80. The van der Waals surface area contributed by atoms with Gasteiger partial charge in [-0.2, -0.15) is 0 Å². The summed E-state index contributed by atoms with van der Waals surface area (Å²) in [6, 6.07) is 9.05. The predicted molar refractivity (Wildman–Crippen MR) is 88.7 cm³/mol. The van der Waals surface area contributed by atoms with E-state index in [9.17, 15) is 0 Å². The number of thiophene rings is 1. The van der Waals surface area contributed by atoms with Crippen molar-refractivity contribution in [2.24, 2.45) is 0 Å². The third kappa shape index (κ3) is 4.30. The summed E-state index contributed by atoms with van der Waals surface area (Å²) < 4.78 is 7.18. The summed E-state index contributed by atoms with van der Waals surface area (Å²) in [5.74, 6) is 0. The van der Waals surface area contributed by atoms with Crippen LogP contribution in [0.1, 0.15) is 32.8 Å². The zero-order chi connectivity index (χ0) is 14.4. The highest BCUT2D eigenvalue weighted by molar-refractivity contribution is 7.17. The van der Waals surface area contributed by atoms with Gasteiger partial charge in [-0.15, -0.1) is 11.3 Å². The predicted octanol–water partition coefficient (Wildman–Crippen LogP) is 4.24. The molecule has 0 bridgehead atoms. The van der Waals surface area contributed by atoms with Crippen LogP contribution in [-0.4, -0.2) is 25.3 Å². The Balaban J connectivity index is 2.05. The quantitative estimate of drug-likeness (QED) is 0.785. The van der Waals surface area contributed by atoms with Gasteiger partial charge in [-0.1, -0.05) is 25.1 Å². The Labute approximate surface area is 126 Å². The van der Waals surface area contributed by atoms with Crippen molar-refractivity contribution in [3.05, 3.63) is 35.2 Å². The minimum atomic E-state index is 0.292. The highest BCUT2D eigenvalue weighted by Crippen LogP contribution is 2.26. The molecule has 1 N–H and O–H groups in total. The number of hydrogen-bond donors (Lipinski definition) is 1. The smallest absolute Gasteiger partial charge is 0.0626 e. The fourth-order valence-corrected chi connectivity index (χ4v) is 3.28. The summed E-state index contributed by atoms with van der Waals surface area (Å²) >= 11 is 1.84. The van der Waals surface area contributed by atoms with Crippen LogP contribution in [0.3, 0.4) is 0 Å². The Kier molecular flexibility index (Phi) is 6.02. The molecule has 0 fully saturated rings. The monoisotopic (exact) mass is 291 g/mol. The SMILES string of the molecule is CCCNC(COC(C)C)Cc1csc2ccccc12. The highest BCUT2D eigenvalue weighted by Gasteiger charge is 2.13. The fraction of sp³-hybridized carbons (Fsp3) is 0.529. The van der Waals surface area contributed by atoms with Crippen molar-refractivity contribution in [3.63, 3.8) is 0 Å². The van der Waals surface area contributed by atoms with Crippen LogP contribution in [0, 0.1) is 0 Å². The maximum Gasteiger partial charge on any atom is 0.0626 e. The fourth-order valence-electron chi connectivity index (χ4n) is 2.30. The summed E-state index contributed by atoms with van der Waals surface area (Å²) in [5.41, 5.74) is 1.44. The van der Waals surface area contributed by atoms with E-state index in [1.807, 2.05) is 11.3 Å². The molecule has 0 aliphatic carbocycles. The summed E-state index contributed by atoms with van der Waals surface area (Å²) in [6.07, 6.45) is 2.49. The third-order valence-corrected chi connectivity index (χ3v) is 4.35. The first-order valence-corrected chi connectivity index (χ1v) is 8.38. The van der Waals surface area contributed by atoms with Crippen molar-refractivity contribution < 1.29 is 4.74 Å². The van der Waals surface area contributed by atoms with Gasteiger partial charge in [-0.3, -0.25) is 0 Å². The van der Waals surface area contributed by atoms with E-state index < -0.39 is 0 Å². The zero-order valence-corrected chi connectivity index (χ0v) is 13.5. The van der Waals surface area contributed by atoms with Crippen molar-refractivity contribution in [1.82, 2.24) is 5.32 Å². The minimum absolute atomic E-state index is 0.292. The lowest BCUT2D eigenvalue weighted by molar-refractivity contribution is 0.0614. The molecule has 1 atom stereocenters. The number of benzene rings is 1. The molecule has 1 aromatic heterocycles. The molecule has 0 amide bonds. The molecule has 0 spiro atoms. The molecule has 1 unspecified atom stereocenters. The number of nitrogens with one attached hydrogen (secondary N) is 1. The average molecular weight is 291 g/mol. The van der Waals surface area contributed by atoms with Gasteiger partial charge in [0.05, 0.1) is 12.7 Å². The average Bonchev–Trinajstić information content (AvgIpc) is 2.85. The highest BCUT2D eigenvalue weighted by atomic mass is 32.1. The molecule has 20 heavy (non-hydrogen) atoms. The first-order chi connectivity index (χ1) is 9.70. The largest absolute Gasteiger partial charge is 0.377 e. The van der Waals surface area contributed by atoms with Crippen LogP contribution in [0.2, 0.25) is 0 Å². The zero-order valence-electron chi connectivity index (χ0n) is 12.7. The van der Waals surface area contributed by atoms with Gasteiger partial charge in [0.1, 0.15) is 0 Å². The molecule has 110 valence electrons. The van der Waals surface area contributed by atoms with Gasteiger partial charge in [0.15, 0.2) is 0 Å². The number of ether oxygens (including phenoxy) is 1. The van der Waals surface area contributed by atoms with Crippen LogP contribution in [0.15, 0.2) is 29.6 Å². The van der Waals surface area contributed by atoms with E-state index in [0.717, 1.165) is 26.0 Å². The molecule has 0 saturated heterocycles. The molecule has 3 heteroatoms. The summed E-state index contributed by atoms with van der Waals surface area (Å²) in [4.78, 5) is 0. The molecule has 1 aromatic carbocycles. The molecule has 0 aliphatic heterocycles. The normalized spacial score (nSPS) is 13.2. The molecule has 1 heterocycles. The molecule has 0 radical (unpaired) electrons. The lowest BCUT2D eigenvalue weighted by atomic mass is 10.1. The second-order valence-electron chi connectivity index (χ2n) is 5.49. The van der Waals surface area contributed by atoms with Crippen LogP contribution in [0.25, 0.3) is 10.1 Å². The Morgan fingerprint density at radius 3 is 2.80 bits per heavy atom. The van der Waals surface area contributed by atoms with Crippen LogP contribution in [0.4, 0.5) is 0 Å². The van der Waals surface area contributed by atoms with Gasteiger partial charge in [0.25, 0.3) is 0 Å². The van der Waals surface area contributed by atoms with Gasteiger partial charge in [-0.05, 0) is 55.6 Å². The molecule has 2 rings (SSSR count). The van der Waals surface area contributed by atoms with E-state index in [2.05, 4.69) is 55.7 Å². The van der Waals surface area contributed by atoms with Crippen LogP contribution in [-0.2, 0) is 11.2 Å². The Hall–Kier alpha value is -0.900. The Bertz CT molecular complexity index is 520. The molecular formula is C17H25NOS. The number of fused-ring (bicyclic) bond motifs is 1. The number of hydrogen-bond acceptors (Lipinski definition) is 3. The molecule has 0 aliphatic rings. The first kappa shape index (κ1) is 15.5. The summed E-state index contributed by atoms with van der Waals surface area (Å²) in [6.45, 7) is 8.22. The van der Waals surface area contributed by atoms with Crippen molar-refractivity contribution in [2.45, 2.75) is 45.8 Å². The first-order valence-electron chi connectivity index (χ1n) is 7.50. The van der Waals surface area contributed by atoms with Crippen LogP contribution < -0.4 is 5.32 Å². The minimum Gasteiger partial charge on any atom is -0.377 e. The summed E-state index contributed by atoms with van der Waals surface area (Å²) in [5, 5.41) is 7.29. The van der Waals surface area contributed by atoms with E-state index >= 15 is 0 Å². The van der Waals surface area contributed by atoms with Crippen molar-refractivity contribution in [3.8, 4) is 0 Å². The molecular weight excluding hydrogens is 266 g/mol. The standard InChI is InChI=1S/C17H25NOS/c1-4-9-18-15(11-19-13(2)3)10-14-12-20-17-8-6-5-7-16(14)17/h5-8,12-13,15,18H,4,9-11H2,1-3H3. The molecule has 0 saturated carbocycles. The van der Waals surface area contributed by atoms with Gasteiger partial charge in [0.2, 0.25) is 0 Å². The van der Waals surface area contributed by atoms with Crippen LogP contribution in [0.5, 0.6) is 0 Å². The topological polar surface area (TPSA) is 21.3 Å². The third-order valence-electron chi connectivity index (χ3n) is 3.34. The Morgan fingerprint density at radius 2 is 2.05 bits per heavy atom. The van der Waals surface area contributed by atoms with E-state index in [4.69, 9.17) is 4.74 Å². The van der Waals surface area contributed by atoms with Gasteiger partial charge in [-0.25, -0.2) is 0 Å². The maximum absolute atomic E-state index is 5.80. The lowest BCUT2D eigenvalue weighted by Crippen LogP contribution is -2.36. The van der Waals surface area contributed by atoms with Crippen molar-refractivity contribution >= 4 is 21.4 Å². The number of rotatable bonds is 8. The summed E-state index contributed by atoms with van der Waals surface area (Å²) in [7, 11) is 0. The van der Waals surface area contributed by atoms with Gasteiger partial charge in [0, 0.05) is 10.7 Å². The Morgan fingerprint density at radius 1 is 1.25 bits per heavy atom. The van der Waals surface area contributed by atoms with E-state index in [0.29, 0.717) is 12.1 Å². The second-order valence-corrected chi connectivity index (χ2v) is 6.41. The molecule has 2 aromatic rings.